The van der Waals surface area contributed by atoms with Gasteiger partial charge in [-0.15, -0.1) is 0 Å². The van der Waals surface area contributed by atoms with Crippen molar-refractivity contribution in [3.05, 3.63) is 58.7 Å². The molecule has 0 atom stereocenters. The highest BCUT2D eigenvalue weighted by Gasteiger charge is 2.44. The quantitative estimate of drug-likeness (QED) is 0.737. The molecule has 32 heavy (non-hydrogen) atoms. The van der Waals surface area contributed by atoms with Gasteiger partial charge in [0.05, 0.1) is 16.4 Å². The van der Waals surface area contributed by atoms with Gasteiger partial charge in [-0.3, -0.25) is 4.79 Å². The van der Waals surface area contributed by atoms with Crippen molar-refractivity contribution in [1.82, 2.24) is 4.31 Å². The van der Waals surface area contributed by atoms with Crippen LogP contribution in [0, 0.1) is 38.0 Å². The van der Waals surface area contributed by atoms with Gasteiger partial charge >= 0.3 is 0 Å². The third-order valence-corrected chi connectivity index (χ3v) is 8.90. The fourth-order valence-corrected chi connectivity index (χ4v) is 6.65. The van der Waals surface area contributed by atoms with Gasteiger partial charge in [0.2, 0.25) is 15.9 Å². The molecule has 1 aliphatic heterocycles. The summed E-state index contributed by atoms with van der Waals surface area (Å²) in [6.07, 6.45) is 2.76. The summed E-state index contributed by atoms with van der Waals surface area (Å²) in [4.78, 5) is 13.1. The summed E-state index contributed by atoms with van der Waals surface area (Å²) in [5.74, 6) is -0.311. The number of nitrogens with zero attached hydrogens (tertiary/aromatic N) is 2. The Labute approximate surface area is 190 Å². The maximum Gasteiger partial charge on any atom is 0.243 e. The monoisotopic (exact) mass is 451 g/mol. The molecule has 1 aliphatic carbocycles. The topological polar surface area (TPSA) is 90.3 Å². The van der Waals surface area contributed by atoms with Gasteiger partial charge in [0.15, 0.2) is 0 Å². The predicted octanol–water partition coefficient (Wildman–Crippen LogP) is 4.21. The van der Waals surface area contributed by atoms with Gasteiger partial charge in [-0.1, -0.05) is 29.8 Å². The lowest BCUT2D eigenvalue weighted by atomic mass is 9.96. The van der Waals surface area contributed by atoms with Gasteiger partial charge in [-0.25, -0.2) is 8.42 Å². The first-order valence-electron chi connectivity index (χ1n) is 11.1. The number of hydrogen-bond donors (Lipinski definition) is 1. The maximum atomic E-state index is 13.3. The Morgan fingerprint density at radius 1 is 1.06 bits per heavy atom. The van der Waals surface area contributed by atoms with Crippen LogP contribution in [-0.2, 0) is 20.2 Å². The van der Waals surface area contributed by atoms with Crippen LogP contribution in [0.5, 0.6) is 0 Å². The Bertz CT molecular complexity index is 1160. The molecule has 7 heteroatoms. The summed E-state index contributed by atoms with van der Waals surface area (Å²) in [5, 5.41) is 12.3. The van der Waals surface area contributed by atoms with E-state index in [0.717, 1.165) is 35.1 Å². The number of nitrogens with one attached hydrogen (secondary N) is 1. The van der Waals surface area contributed by atoms with E-state index in [9.17, 15) is 18.5 Å². The van der Waals surface area contributed by atoms with Crippen molar-refractivity contribution >= 4 is 21.6 Å². The number of aryl methyl sites for hydroxylation is 3. The number of sulfonamides is 1. The third-order valence-electron chi connectivity index (χ3n) is 6.70. The van der Waals surface area contributed by atoms with Crippen LogP contribution in [0.1, 0.15) is 47.9 Å². The normalized spacial score (nSPS) is 18.7. The molecule has 1 amide bonds. The van der Waals surface area contributed by atoms with Crippen molar-refractivity contribution in [3.63, 3.8) is 0 Å². The lowest BCUT2D eigenvalue weighted by molar-refractivity contribution is -0.120. The predicted molar refractivity (Wildman–Crippen MR) is 124 cm³/mol. The average molecular weight is 452 g/mol. The molecule has 0 unspecified atom stereocenters. The van der Waals surface area contributed by atoms with Crippen LogP contribution in [0.15, 0.2) is 41.3 Å². The van der Waals surface area contributed by atoms with Crippen molar-refractivity contribution < 1.29 is 13.2 Å². The Kier molecular flexibility index (Phi) is 5.87. The molecule has 168 valence electrons. The van der Waals surface area contributed by atoms with E-state index in [1.165, 1.54) is 4.31 Å². The fourth-order valence-electron chi connectivity index (χ4n) is 4.77. The first-order valence-corrected chi connectivity index (χ1v) is 12.5. The smallest absolute Gasteiger partial charge is 0.243 e. The second-order valence-corrected chi connectivity index (χ2v) is 11.0. The van der Waals surface area contributed by atoms with Gasteiger partial charge < -0.3 is 5.32 Å². The second-order valence-electron chi connectivity index (χ2n) is 9.17. The molecule has 1 heterocycles. The molecule has 2 aromatic carbocycles. The van der Waals surface area contributed by atoms with E-state index in [1.54, 1.807) is 0 Å². The second kappa shape index (κ2) is 8.34. The van der Waals surface area contributed by atoms with E-state index < -0.39 is 10.0 Å². The minimum Gasteiger partial charge on any atom is -0.326 e. The van der Waals surface area contributed by atoms with E-state index in [4.69, 9.17) is 0 Å². The summed E-state index contributed by atoms with van der Waals surface area (Å²) in [7, 11) is -3.59. The molecule has 0 bridgehead atoms. The number of hydrogen-bond acceptors (Lipinski definition) is 4. The van der Waals surface area contributed by atoms with Crippen LogP contribution in [0.25, 0.3) is 0 Å². The number of carbonyl (C=O) groups excluding carboxylic acids is 1. The van der Waals surface area contributed by atoms with E-state index in [-0.39, 0.29) is 17.2 Å². The van der Waals surface area contributed by atoms with Crippen LogP contribution < -0.4 is 5.32 Å². The van der Waals surface area contributed by atoms with Gasteiger partial charge in [0, 0.05) is 24.7 Å². The molecule has 2 aliphatic rings. The Morgan fingerprint density at radius 2 is 1.62 bits per heavy atom. The molecule has 2 fully saturated rings. The fraction of sp³-hybridized carbons (Fsp3) is 0.440. The highest BCUT2D eigenvalue weighted by Crippen LogP contribution is 2.47. The number of benzene rings is 2. The first-order chi connectivity index (χ1) is 15.2. The van der Waals surface area contributed by atoms with Crippen LogP contribution in [0.3, 0.4) is 0 Å². The van der Waals surface area contributed by atoms with Crippen molar-refractivity contribution in [2.75, 3.05) is 18.4 Å². The zero-order valence-corrected chi connectivity index (χ0v) is 19.6. The average Bonchev–Trinajstić information content (AvgIpc) is 3.55. The molecule has 4 rings (SSSR count). The van der Waals surface area contributed by atoms with E-state index in [1.807, 2.05) is 57.2 Å². The largest absolute Gasteiger partial charge is 0.326 e. The Balaban J connectivity index is 1.38. The first kappa shape index (κ1) is 22.5. The zero-order chi connectivity index (χ0) is 23.1. The van der Waals surface area contributed by atoms with Crippen LogP contribution in [0.2, 0.25) is 0 Å². The summed E-state index contributed by atoms with van der Waals surface area (Å²) < 4.78 is 28.0. The lowest BCUT2D eigenvalue weighted by Gasteiger charge is -2.31. The number of nitriles is 1. The van der Waals surface area contributed by atoms with Crippen molar-refractivity contribution in [3.8, 4) is 6.07 Å². The number of rotatable bonds is 5. The van der Waals surface area contributed by atoms with E-state index in [2.05, 4.69) is 11.4 Å². The molecule has 0 radical (unpaired) electrons. The highest BCUT2D eigenvalue weighted by molar-refractivity contribution is 7.89. The molecular formula is C25H29N3O3S. The SMILES string of the molecule is Cc1cc(C)c(S(=O)(=O)N2CCC(C(=O)Nc3ccc(C4(C#N)CC4)cc3)CC2)c(C)c1. The standard InChI is InChI=1S/C25H29N3O3S/c1-17-14-18(2)23(19(3)15-17)32(30,31)28-12-8-20(9-13-28)24(29)27-22-6-4-21(5-7-22)25(16-26)10-11-25/h4-7,14-15,20H,8-13H2,1-3H3,(H,27,29). The third kappa shape index (κ3) is 4.17. The molecule has 1 saturated carbocycles. The van der Waals surface area contributed by atoms with Crippen LogP contribution in [0.4, 0.5) is 5.69 Å². The summed E-state index contributed by atoms with van der Waals surface area (Å²) >= 11 is 0. The molecular weight excluding hydrogens is 422 g/mol. The lowest BCUT2D eigenvalue weighted by Crippen LogP contribution is -2.41. The molecule has 1 N–H and O–H groups in total. The minimum absolute atomic E-state index is 0.0843. The number of amides is 1. The van der Waals surface area contributed by atoms with Gasteiger partial charge in [-0.05, 0) is 75.3 Å². The minimum atomic E-state index is -3.59. The molecule has 2 aromatic rings. The van der Waals surface area contributed by atoms with Crippen molar-refractivity contribution in [2.45, 2.75) is 56.8 Å². The summed E-state index contributed by atoms with van der Waals surface area (Å²) in [6.45, 7) is 6.29. The summed E-state index contributed by atoms with van der Waals surface area (Å²) in [5.41, 5.74) is 3.92. The van der Waals surface area contributed by atoms with Gasteiger partial charge in [0.25, 0.3) is 0 Å². The van der Waals surface area contributed by atoms with Crippen molar-refractivity contribution in [2.24, 2.45) is 5.92 Å². The van der Waals surface area contributed by atoms with Gasteiger partial charge in [0.1, 0.15) is 0 Å². The number of anilines is 1. The highest BCUT2D eigenvalue weighted by atomic mass is 32.2. The molecule has 0 spiro atoms. The number of piperidine rings is 1. The van der Waals surface area contributed by atoms with Crippen LogP contribution in [-0.4, -0.2) is 31.7 Å². The Hall–Kier alpha value is -2.69. The number of carbonyl (C=O) groups is 1. The molecule has 6 nitrogen and oxygen atoms in total. The Morgan fingerprint density at radius 3 is 2.12 bits per heavy atom. The van der Waals surface area contributed by atoms with Crippen LogP contribution >= 0.6 is 0 Å². The summed E-state index contributed by atoms with van der Waals surface area (Å²) in [6, 6.07) is 13.7. The maximum absolute atomic E-state index is 13.3. The van der Waals surface area contributed by atoms with E-state index >= 15 is 0 Å². The van der Waals surface area contributed by atoms with E-state index in [0.29, 0.717) is 36.5 Å². The molecule has 0 aromatic heterocycles. The zero-order valence-electron chi connectivity index (χ0n) is 18.8. The molecule has 1 saturated heterocycles. The van der Waals surface area contributed by atoms with Crippen molar-refractivity contribution in [1.29, 1.82) is 5.26 Å². The van der Waals surface area contributed by atoms with Gasteiger partial charge in [-0.2, -0.15) is 9.57 Å².